The van der Waals surface area contributed by atoms with Crippen LogP contribution in [0.15, 0.2) is 53.4 Å². The molecule has 2 aliphatic heterocycles. The Labute approximate surface area is 190 Å². The molecule has 2 amide bonds. The van der Waals surface area contributed by atoms with Crippen molar-refractivity contribution in [1.29, 1.82) is 0 Å². The molecule has 8 nitrogen and oxygen atoms in total. The number of carbonyl (C=O) groups is 2. The van der Waals surface area contributed by atoms with Gasteiger partial charge in [0.1, 0.15) is 17.7 Å². The number of anilines is 1. The molecule has 176 valence electrons. The molecule has 2 heterocycles. The van der Waals surface area contributed by atoms with Crippen LogP contribution in [0.1, 0.15) is 6.42 Å². The summed E-state index contributed by atoms with van der Waals surface area (Å²) in [5.41, 5.74) is 0.168. The molecule has 0 bridgehead atoms. The lowest BCUT2D eigenvalue weighted by Crippen LogP contribution is -2.49. The molecule has 0 aromatic heterocycles. The molecule has 2 aromatic rings. The normalized spacial score (nSPS) is 20.1. The number of rotatable bonds is 7. The number of hydrogen-bond acceptors (Lipinski definition) is 6. The number of amides is 2. The summed E-state index contributed by atoms with van der Waals surface area (Å²) in [5, 5.41) is 0. The Morgan fingerprint density at radius 1 is 0.939 bits per heavy atom. The molecule has 0 spiro atoms. The second-order valence-corrected chi connectivity index (χ2v) is 9.68. The highest BCUT2D eigenvalue weighted by molar-refractivity contribution is 7.89. The molecule has 0 aliphatic carbocycles. The van der Waals surface area contributed by atoms with E-state index in [9.17, 15) is 26.8 Å². The van der Waals surface area contributed by atoms with Gasteiger partial charge in [-0.1, -0.05) is 0 Å². The van der Waals surface area contributed by atoms with Crippen molar-refractivity contribution >= 4 is 27.5 Å². The van der Waals surface area contributed by atoms with Gasteiger partial charge in [-0.3, -0.25) is 14.5 Å². The Morgan fingerprint density at radius 2 is 1.52 bits per heavy atom. The molecule has 33 heavy (non-hydrogen) atoms. The van der Waals surface area contributed by atoms with E-state index < -0.39 is 39.5 Å². The second-order valence-electron chi connectivity index (χ2n) is 7.79. The van der Waals surface area contributed by atoms with Gasteiger partial charge in [0.15, 0.2) is 0 Å². The third kappa shape index (κ3) is 4.96. The van der Waals surface area contributed by atoms with Crippen molar-refractivity contribution in [1.82, 2.24) is 9.21 Å². The Morgan fingerprint density at radius 3 is 2.12 bits per heavy atom. The van der Waals surface area contributed by atoms with Crippen molar-refractivity contribution in [3.05, 3.63) is 60.2 Å². The summed E-state index contributed by atoms with van der Waals surface area (Å²) in [7, 11) is -4.22. The molecule has 2 fully saturated rings. The highest BCUT2D eigenvalue weighted by Gasteiger charge is 2.47. The van der Waals surface area contributed by atoms with Crippen LogP contribution in [0.25, 0.3) is 0 Å². The van der Waals surface area contributed by atoms with Gasteiger partial charge in [-0.2, -0.15) is 4.31 Å². The highest BCUT2D eigenvalue weighted by Crippen LogP contribution is 2.29. The topological polar surface area (TPSA) is 87.2 Å². The molecular weight excluding hydrogens is 456 g/mol. The minimum atomic E-state index is -4.22. The lowest BCUT2D eigenvalue weighted by atomic mass is 10.2. The second kappa shape index (κ2) is 9.64. The van der Waals surface area contributed by atoms with Gasteiger partial charge in [0.25, 0.3) is 5.91 Å². The third-order valence-corrected chi connectivity index (χ3v) is 7.64. The van der Waals surface area contributed by atoms with Crippen molar-refractivity contribution in [2.24, 2.45) is 0 Å². The summed E-state index contributed by atoms with van der Waals surface area (Å²) in [6.07, 6.45) is -0.347. The molecule has 1 unspecified atom stereocenters. The zero-order chi connectivity index (χ0) is 23.6. The van der Waals surface area contributed by atoms with E-state index in [1.165, 1.54) is 12.1 Å². The maximum absolute atomic E-state index is 13.5. The summed E-state index contributed by atoms with van der Waals surface area (Å²) < 4.78 is 60.0. The van der Waals surface area contributed by atoms with E-state index in [1.807, 2.05) is 4.90 Å². The van der Waals surface area contributed by atoms with E-state index in [-0.39, 0.29) is 23.5 Å². The van der Waals surface area contributed by atoms with Gasteiger partial charge in [-0.05, 0) is 48.5 Å². The number of ether oxygens (including phenoxy) is 1. The van der Waals surface area contributed by atoms with Crippen LogP contribution in [0.3, 0.4) is 0 Å². The molecule has 1 atom stereocenters. The SMILES string of the molecule is O=C1CC(N(CCN2CCOCC2)S(=O)(=O)c2ccc(F)cc2)C(=O)N1c1ccc(F)cc1. The molecule has 0 radical (unpaired) electrons. The van der Waals surface area contributed by atoms with E-state index in [1.54, 1.807) is 0 Å². The molecular formula is C22H23F2N3O5S. The maximum atomic E-state index is 13.5. The van der Waals surface area contributed by atoms with Crippen molar-refractivity contribution in [3.63, 3.8) is 0 Å². The predicted octanol–water partition coefficient (Wildman–Crippen LogP) is 1.62. The third-order valence-electron chi connectivity index (χ3n) is 5.72. The number of imide groups is 1. The molecule has 2 saturated heterocycles. The number of nitrogens with zero attached hydrogens (tertiary/aromatic N) is 3. The summed E-state index contributed by atoms with van der Waals surface area (Å²) in [6.45, 7) is 2.56. The summed E-state index contributed by atoms with van der Waals surface area (Å²) in [4.78, 5) is 28.7. The smallest absolute Gasteiger partial charge is 0.252 e. The first-order chi connectivity index (χ1) is 15.8. The van der Waals surface area contributed by atoms with Crippen LogP contribution in [0, 0.1) is 11.6 Å². The van der Waals surface area contributed by atoms with Crippen LogP contribution in [-0.4, -0.2) is 74.9 Å². The quantitative estimate of drug-likeness (QED) is 0.561. The zero-order valence-electron chi connectivity index (χ0n) is 17.7. The van der Waals surface area contributed by atoms with Gasteiger partial charge < -0.3 is 4.74 Å². The predicted molar refractivity (Wildman–Crippen MR) is 115 cm³/mol. The van der Waals surface area contributed by atoms with Crippen molar-refractivity contribution in [2.75, 3.05) is 44.3 Å². The number of carbonyl (C=O) groups excluding carboxylic acids is 2. The Balaban J connectivity index is 1.64. The number of sulfonamides is 1. The van der Waals surface area contributed by atoms with Crippen LogP contribution in [0.2, 0.25) is 0 Å². The van der Waals surface area contributed by atoms with Crippen LogP contribution in [0.4, 0.5) is 14.5 Å². The average molecular weight is 480 g/mol. The lowest BCUT2D eigenvalue weighted by molar-refractivity contribution is -0.122. The molecule has 4 rings (SSSR count). The molecule has 2 aromatic carbocycles. The number of halogens is 2. The fourth-order valence-corrected chi connectivity index (χ4v) is 5.53. The number of benzene rings is 2. The van der Waals surface area contributed by atoms with E-state index in [0.29, 0.717) is 32.8 Å². The van der Waals surface area contributed by atoms with Crippen LogP contribution in [-0.2, 0) is 24.3 Å². The van der Waals surface area contributed by atoms with E-state index >= 15 is 0 Å². The van der Waals surface area contributed by atoms with E-state index in [4.69, 9.17) is 4.74 Å². The van der Waals surface area contributed by atoms with Gasteiger partial charge in [0.05, 0.1) is 30.2 Å². The number of hydrogen-bond donors (Lipinski definition) is 0. The zero-order valence-corrected chi connectivity index (χ0v) is 18.5. The Hall–Kier alpha value is -2.73. The van der Waals surface area contributed by atoms with E-state index in [2.05, 4.69) is 0 Å². The maximum Gasteiger partial charge on any atom is 0.252 e. The van der Waals surface area contributed by atoms with Gasteiger partial charge in [-0.25, -0.2) is 22.1 Å². The molecule has 0 saturated carbocycles. The Bertz CT molecular complexity index is 1120. The summed E-state index contributed by atoms with van der Waals surface area (Å²) >= 11 is 0. The van der Waals surface area contributed by atoms with Crippen LogP contribution < -0.4 is 4.90 Å². The number of morpholine rings is 1. The first-order valence-corrected chi connectivity index (χ1v) is 11.9. The van der Waals surface area contributed by atoms with Gasteiger partial charge in [0.2, 0.25) is 15.9 Å². The first kappa shape index (κ1) is 23.4. The average Bonchev–Trinajstić information content (AvgIpc) is 3.09. The Kier molecular flexibility index (Phi) is 6.84. The van der Waals surface area contributed by atoms with Gasteiger partial charge in [-0.15, -0.1) is 0 Å². The molecule has 11 heteroatoms. The lowest BCUT2D eigenvalue weighted by Gasteiger charge is -2.31. The van der Waals surface area contributed by atoms with Crippen molar-refractivity contribution in [2.45, 2.75) is 17.4 Å². The molecule has 0 N–H and O–H groups in total. The van der Waals surface area contributed by atoms with Crippen molar-refractivity contribution in [3.8, 4) is 0 Å². The van der Waals surface area contributed by atoms with Crippen molar-refractivity contribution < 1.29 is 31.5 Å². The first-order valence-electron chi connectivity index (χ1n) is 10.5. The monoisotopic (exact) mass is 479 g/mol. The summed E-state index contributed by atoms with van der Waals surface area (Å²) in [5.74, 6) is -2.41. The highest BCUT2D eigenvalue weighted by atomic mass is 32.2. The minimum Gasteiger partial charge on any atom is -0.379 e. The van der Waals surface area contributed by atoms with Gasteiger partial charge >= 0.3 is 0 Å². The molecule has 2 aliphatic rings. The largest absolute Gasteiger partial charge is 0.379 e. The van der Waals surface area contributed by atoms with Gasteiger partial charge in [0, 0.05) is 26.2 Å². The summed E-state index contributed by atoms with van der Waals surface area (Å²) in [6, 6.07) is 7.87. The fourth-order valence-electron chi connectivity index (χ4n) is 3.95. The fraction of sp³-hybridized carbons (Fsp3) is 0.364. The van der Waals surface area contributed by atoms with E-state index in [0.717, 1.165) is 45.6 Å². The minimum absolute atomic E-state index is 0.0410. The van der Waals surface area contributed by atoms with Crippen LogP contribution >= 0.6 is 0 Å². The van der Waals surface area contributed by atoms with Crippen LogP contribution in [0.5, 0.6) is 0 Å². The standard InChI is InChI=1S/C22H23F2N3O5S/c23-16-1-5-18(6-2-16)27-21(28)15-20(22(27)29)26(10-9-25-11-13-32-14-12-25)33(30,31)19-7-3-17(24)4-8-19/h1-8,20H,9-15H2.